The fourth-order valence-corrected chi connectivity index (χ4v) is 0.742. The van der Waals surface area contributed by atoms with Crippen LogP contribution in [0.15, 0.2) is 12.4 Å². The van der Waals surface area contributed by atoms with Crippen molar-refractivity contribution in [2.75, 3.05) is 5.32 Å². The van der Waals surface area contributed by atoms with Gasteiger partial charge in [0.05, 0.1) is 17.9 Å². The van der Waals surface area contributed by atoms with Crippen molar-refractivity contribution in [1.82, 2.24) is 9.78 Å². The molecule has 0 aromatic carbocycles. The second kappa shape index (κ2) is 3.36. The van der Waals surface area contributed by atoms with E-state index in [0.29, 0.717) is 5.69 Å². The molecule has 1 aromatic rings. The minimum atomic E-state index is -0.495. The first-order chi connectivity index (χ1) is 5.59. The van der Waals surface area contributed by atoms with Gasteiger partial charge >= 0.3 is 0 Å². The van der Waals surface area contributed by atoms with Crippen LogP contribution < -0.4 is 11.1 Å². The van der Waals surface area contributed by atoms with E-state index in [-0.39, 0.29) is 5.91 Å². The Bertz CT molecular complexity index is 279. The van der Waals surface area contributed by atoms with E-state index < -0.39 is 6.04 Å². The van der Waals surface area contributed by atoms with E-state index in [2.05, 4.69) is 10.4 Å². The van der Waals surface area contributed by atoms with Crippen LogP contribution in [0.3, 0.4) is 0 Å². The molecule has 1 atom stereocenters. The molecule has 1 amide bonds. The van der Waals surface area contributed by atoms with Crippen LogP contribution >= 0.6 is 0 Å². The van der Waals surface area contributed by atoms with E-state index in [4.69, 9.17) is 5.73 Å². The zero-order valence-corrected chi connectivity index (χ0v) is 7.11. The molecular formula is C7H12N4O. The third-order valence-corrected chi connectivity index (χ3v) is 1.39. The third kappa shape index (κ3) is 2.06. The number of carbonyl (C=O) groups excluding carboxylic acids is 1. The Morgan fingerprint density at radius 3 is 2.92 bits per heavy atom. The Kier molecular flexibility index (Phi) is 2.44. The average molecular weight is 168 g/mol. The summed E-state index contributed by atoms with van der Waals surface area (Å²) < 4.78 is 1.61. The van der Waals surface area contributed by atoms with Crippen molar-refractivity contribution >= 4 is 11.6 Å². The Hall–Kier alpha value is -1.36. The standard InChI is InChI=1S/C7H12N4O/c1-5(8)7(12)10-6-3-9-11(2)4-6/h3-5H,8H2,1-2H3,(H,10,12). The largest absolute Gasteiger partial charge is 0.322 e. The number of hydrogen-bond donors (Lipinski definition) is 2. The molecule has 5 nitrogen and oxygen atoms in total. The number of carbonyl (C=O) groups is 1. The highest BCUT2D eigenvalue weighted by atomic mass is 16.2. The first-order valence-electron chi connectivity index (χ1n) is 3.64. The van der Waals surface area contributed by atoms with Crippen LogP contribution in [0.2, 0.25) is 0 Å². The molecule has 12 heavy (non-hydrogen) atoms. The van der Waals surface area contributed by atoms with Gasteiger partial charge in [-0.2, -0.15) is 5.10 Å². The minimum Gasteiger partial charge on any atom is -0.322 e. The molecule has 0 bridgehead atoms. The SMILES string of the molecule is CC(N)C(=O)Nc1cnn(C)c1. The van der Waals surface area contributed by atoms with Gasteiger partial charge in [-0.1, -0.05) is 0 Å². The summed E-state index contributed by atoms with van der Waals surface area (Å²) in [6.45, 7) is 1.63. The quantitative estimate of drug-likeness (QED) is 0.637. The molecule has 1 rings (SSSR count). The van der Waals surface area contributed by atoms with Crippen molar-refractivity contribution < 1.29 is 4.79 Å². The van der Waals surface area contributed by atoms with E-state index >= 15 is 0 Å². The van der Waals surface area contributed by atoms with Crippen LogP contribution in [0, 0.1) is 0 Å². The first kappa shape index (κ1) is 8.73. The highest BCUT2D eigenvalue weighted by Gasteiger charge is 2.07. The van der Waals surface area contributed by atoms with Crippen molar-refractivity contribution in [1.29, 1.82) is 0 Å². The van der Waals surface area contributed by atoms with E-state index in [0.717, 1.165) is 0 Å². The molecule has 0 radical (unpaired) electrons. The molecule has 0 fully saturated rings. The molecule has 3 N–H and O–H groups in total. The van der Waals surface area contributed by atoms with Gasteiger partial charge in [0.25, 0.3) is 0 Å². The number of aryl methyl sites for hydroxylation is 1. The lowest BCUT2D eigenvalue weighted by atomic mass is 10.3. The topological polar surface area (TPSA) is 72.9 Å². The van der Waals surface area contributed by atoms with Gasteiger partial charge in [-0.25, -0.2) is 0 Å². The molecule has 0 saturated carbocycles. The monoisotopic (exact) mass is 168 g/mol. The average Bonchev–Trinajstić information content (AvgIpc) is 2.35. The van der Waals surface area contributed by atoms with Crippen LogP contribution in [-0.2, 0) is 11.8 Å². The smallest absolute Gasteiger partial charge is 0.241 e. The molecule has 1 heterocycles. The van der Waals surface area contributed by atoms with Crippen molar-refractivity contribution in [2.45, 2.75) is 13.0 Å². The second-order valence-electron chi connectivity index (χ2n) is 2.68. The summed E-state index contributed by atoms with van der Waals surface area (Å²) in [6, 6.07) is -0.495. The van der Waals surface area contributed by atoms with Crippen LogP contribution in [0.1, 0.15) is 6.92 Å². The number of anilines is 1. The molecule has 0 saturated heterocycles. The lowest BCUT2D eigenvalue weighted by Crippen LogP contribution is -2.32. The normalized spacial score (nSPS) is 12.6. The molecular weight excluding hydrogens is 156 g/mol. The number of amides is 1. The van der Waals surface area contributed by atoms with Gasteiger partial charge in [0.2, 0.25) is 5.91 Å². The maximum absolute atomic E-state index is 11.0. The predicted molar refractivity (Wildman–Crippen MR) is 45.5 cm³/mol. The number of nitrogens with two attached hydrogens (primary N) is 1. The lowest BCUT2D eigenvalue weighted by molar-refractivity contribution is -0.117. The second-order valence-corrected chi connectivity index (χ2v) is 2.68. The summed E-state index contributed by atoms with van der Waals surface area (Å²) in [5.74, 6) is -0.206. The number of aromatic nitrogens is 2. The summed E-state index contributed by atoms with van der Waals surface area (Å²) >= 11 is 0. The van der Waals surface area contributed by atoms with Gasteiger partial charge < -0.3 is 11.1 Å². The zero-order valence-electron chi connectivity index (χ0n) is 7.11. The summed E-state index contributed by atoms with van der Waals surface area (Å²) in [6.07, 6.45) is 3.28. The summed E-state index contributed by atoms with van der Waals surface area (Å²) in [7, 11) is 1.78. The summed E-state index contributed by atoms with van der Waals surface area (Å²) in [5.41, 5.74) is 6.02. The minimum absolute atomic E-state index is 0.206. The number of rotatable bonds is 2. The third-order valence-electron chi connectivity index (χ3n) is 1.39. The Balaban J connectivity index is 2.58. The summed E-state index contributed by atoms with van der Waals surface area (Å²) in [5, 5.41) is 6.51. The molecule has 0 aliphatic rings. The fraction of sp³-hybridized carbons (Fsp3) is 0.429. The Morgan fingerprint density at radius 2 is 2.50 bits per heavy atom. The molecule has 1 unspecified atom stereocenters. The van der Waals surface area contributed by atoms with Gasteiger partial charge in [-0.3, -0.25) is 9.48 Å². The van der Waals surface area contributed by atoms with Gasteiger partial charge in [0, 0.05) is 13.2 Å². The van der Waals surface area contributed by atoms with Crippen molar-refractivity contribution in [3.63, 3.8) is 0 Å². The predicted octanol–water partition coefficient (Wildman–Crippen LogP) is -0.294. The van der Waals surface area contributed by atoms with Crippen molar-refractivity contribution in [2.24, 2.45) is 12.8 Å². The first-order valence-corrected chi connectivity index (χ1v) is 3.64. The maximum Gasteiger partial charge on any atom is 0.241 e. The molecule has 0 aliphatic carbocycles. The Labute approximate surface area is 70.5 Å². The van der Waals surface area contributed by atoms with Crippen LogP contribution in [-0.4, -0.2) is 21.7 Å². The molecule has 0 aliphatic heterocycles. The molecule has 5 heteroatoms. The van der Waals surface area contributed by atoms with Crippen LogP contribution in [0.4, 0.5) is 5.69 Å². The number of nitrogens with one attached hydrogen (secondary N) is 1. The molecule has 66 valence electrons. The highest BCUT2D eigenvalue weighted by Crippen LogP contribution is 2.02. The van der Waals surface area contributed by atoms with Crippen LogP contribution in [0.25, 0.3) is 0 Å². The number of nitrogens with zero attached hydrogens (tertiary/aromatic N) is 2. The van der Waals surface area contributed by atoms with E-state index in [1.54, 1.807) is 31.0 Å². The van der Waals surface area contributed by atoms with E-state index in [1.165, 1.54) is 0 Å². The van der Waals surface area contributed by atoms with Crippen LogP contribution in [0.5, 0.6) is 0 Å². The van der Waals surface area contributed by atoms with E-state index in [9.17, 15) is 4.79 Å². The highest BCUT2D eigenvalue weighted by molar-refractivity contribution is 5.94. The Morgan fingerprint density at radius 1 is 1.83 bits per heavy atom. The molecule has 0 spiro atoms. The van der Waals surface area contributed by atoms with Crippen molar-refractivity contribution in [3.05, 3.63) is 12.4 Å². The van der Waals surface area contributed by atoms with Gasteiger partial charge in [0.1, 0.15) is 0 Å². The van der Waals surface area contributed by atoms with Gasteiger partial charge in [-0.05, 0) is 6.92 Å². The maximum atomic E-state index is 11.0. The number of hydrogen-bond acceptors (Lipinski definition) is 3. The summed E-state index contributed by atoms with van der Waals surface area (Å²) in [4.78, 5) is 11.0. The zero-order chi connectivity index (χ0) is 9.14. The van der Waals surface area contributed by atoms with Crippen molar-refractivity contribution in [3.8, 4) is 0 Å². The van der Waals surface area contributed by atoms with Gasteiger partial charge in [0.15, 0.2) is 0 Å². The lowest BCUT2D eigenvalue weighted by Gasteiger charge is -2.03. The molecule has 1 aromatic heterocycles. The fourth-order valence-electron chi connectivity index (χ4n) is 0.742. The van der Waals surface area contributed by atoms with Gasteiger partial charge in [-0.15, -0.1) is 0 Å². The van der Waals surface area contributed by atoms with E-state index in [1.807, 2.05) is 0 Å².